The smallest absolute Gasteiger partial charge is 0.296 e. The molecule has 2 N–H and O–H groups in total. The van der Waals surface area contributed by atoms with Gasteiger partial charge in [-0.2, -0.15) is 33.7 Å². The Morgan fingerprint density at radius 2 is 0.529 bits per heavy atom. The molecule has 0 amide bonds. The molecule has 121 heavy (non-hydrogen) atoms. The normalized spacial score (nSPS) is 11.6. The quantitative estimate of drug-likeness (QED) is 0.0271. The Balaban J connectivity index is 0.000000252. The summed E-state index contributed by atoms with van der Waals surface area (Å²) in [6, 6.07) is 90.7. The minimum Gasteiger partial charge on any atom is -0.494 e. The Morgan fingerprint density at radius 3 is 0.777 bits per heavy atom. The Bertz CT molecular complexity index is 5620. The van der Waals surface area contributed by atoms with E-state index >= 15 is 0 Å². The van der Waals surface area contributed by atoms with Crippen molar-refractivity contribution in [2.24, 2.45) is 0 Å². The number of anilines is 8. The van der Waals surface area contributed by atoms with Crippen LogP contribution in [0, 0.1) is 13.8 Å². The molecule has 0 bridgehead atoms. The lowest BCUT2D eigenvalue weighted by Crippen LogP contribution is -2.23. The van der Waals surface area contributed by atoms with E-state index in [1.807, 2.05) is 86.6 Å². The summed E-state index contributed by atoms with van der Waals surface area (Å²) in [5.41, 5.74) is 20.5. The highest BCUT2D eigenvalue weighted by Crippen LogP contribution is 2.41. The third kappa shape index (κ3) is 23.7. The van der Waals surface area contributed by atoms with Gasteiger partial charge >= 0.3 is 0 Å². The van der Waals surface area contributed by atoms with Crippen LogP contribution in [-0.4, -0.2) is 102 Å². The third-order valence-corrected chi connectivity index (χ3v) is 26.2. The van der Waals surface area contributed by atoms with Gasteiger partial charge in [-0.15, -0.1) is 0 Å². The molecule has 0 radical (unpaired) electrons. The molecule has 0 saturated heterocycles. The molecular formula is C97H110N6O14S4. The van der Waals surface area contributed by atoms with Crippen LogP contribution in [0.1, 0.15) is 128 Å². The molecule has 12 aromatic rings. The fraction of sp³-hybridized carbons (Fsp3) is 0.258. The van der Waals surface area contributed by atoms with E-state index < -0.39 is 40.5 Å². The molecule has 0 unspecified atom stereocenters. The molecule has 12 aromatic carbocycles. The van der Waals surface area contributed by atoms with Crippen LogP contribution < -0.4 is 39.7 Å². The van der Waals surface area contributed by atoms with Gasteiger partial charge in [0.15, 0.2) is 0 Å². The first-order chi connectivity index (χ1) is 57.7. The number of hydrogen-bond acceptors (Lipinski definition) is 20. The number of nitrogens with zero attached hydrogens (tertiary/aromatic N) is 4. The maximum atomic E-state index is 12.4. The zero-order chi connectivity index (χ0) is 85.7. The first kappa shape index (κ1) is 92.0. The zero-order valence-corrected chi connectivity index (χ0v) is 73.2. The first-order valence-electron chi connectivity index (χ1n) is 39.9. The highest BCUT2D eigenvalue weighted by atomic mass is 32.2. The number of ether oxygens (including phenoxy) is 2. The summed E-state index contributed by atoms with van der Waals surface area (Å²) in [6.45, 7) is 22.8. The van der Waals surface area contributed by atoms with Crippen LogP contribution >= 0.6 is 0 Å². The molecule has 12 rings (SSSR count). The molecule has 20 nitrogen and oxygen atoms in total. The summed E-state index contributed by atoms with van der Waals surface area (Å²) < 4.78 is 129. The largest absolute Gasteiger partial charge is 0.494 e. The third-order valence-electron chi connectivity index (χ3n) is 21.1. The van der Waals surface area contributed by atoms with Crippen LogP contribution in [0.15, 0.2) is 299 Å². The fourth-order valence-electron chi connectivity index (χ4n) is 14.7. The molecule has 0 aliphatic rings. The van der Waals surface area contributed by atoms with Crippen LogP contribution in [0.4, 0.5) is 45.5 Å². The van der Waals surface area contributed by atoms with Gasteiger partial charge in [0.05, 0.1) is 61.2 Å². The topological polar surface area (TPSA) is 229 Å². The van der Waals surface area contributed by atoms with Crippen molar-refractivity contribution in [3.63, 3.8) is 0 Å². The van der Waals surface area contributed by atoms with Gasteiger partial charge in [-0.25, -0.2) is 0 Å². The van der Waals surface area contributed by atoms with E-state index in [2.05, 4.69) is 205 Å². The molecule has 0 atom stereocenters. The average Bonchev–Trinajstić information content (AvgIpc) is 0.775. The minimum absolute atomic E-state index is 0. The Morgan fingerprint density at radius 1 is 0.289 bits per heavy atom. The van der Waals surface area contributed by atoms with Crippen LogP contribution in [-0.2, 0) is 83.4 Å². The summed E-state index contributed by atoms with van der Waals surface area (Å²) >= 11 is 0. The van der Waals surface area contributed by atoms with Crippen molar-refractivity contribution < 1.29 is 59.9 Å². The van der Waals surface area contributed by atoms with Crippen molar-refractivity contribution in [2.45, 2.75) is 120 Å². The van der Waals surface area contributed by atoms with Crippen molar-refractivity contribution in [2.75, 3.05) is 98.1 Å². The maximum absolute atomic E-state index is 12.4. The summed E-state index contributed by atoms with van der Waals surface area (Å²) in [7, 11) is -10.6. The summed E-state index contributed by atoms with van der Waals surface area (Å²) in [6.07, 6.45) is 0. The van der Waals surface area contributed by atoms with Gasteiger partial charge < -0.3 is 39.7 Å². The SMILES string of the molecule is C.CCOc1ccc(Nc2ccc(C(c3ccc(N(CC)Cc4cccc(S(=O)(=O)OC)c4)cc3)c3ccc(N(CC)Cc4cccc(S(=O)(=O)OC)c4)cc3)cc2)cc1.CCOc1ccc(Nc2ccc(C(c3ccc(N(CC)Cc4cccc(S(=O)(=O)OC)c4)cc3C)c3ccc(N(CC)Cc4cccc(S(=O)(=O)OC)c4)cc3C)cc2)cc1. The lowest BCUT2D eigenvalue weighted by Gasteiger charge is -2.28. The fourth-order valence-corrected chi connectivity index (χ4v) is 17.6. The van der Waals surface area contributed by atoms with E-state index in [9.17, 15) is 33.7 Å². The number of benzene rings is 12. The van der Waals surface area contributed by atoms with E-state index in [0.29, 0.717) is 65.6 Å². The summed E-state index contributed by atoms with van der Waals surface area (Å²) in [5.74, 6) is 1.47. The van der Waals surface area contributed by atoms with E-state index in [1.165, 1.54) is 39.6 Å². The second-order valence-electron chi connectivity index (χ2n) is 28.7. The highest BCUT2D eigenvalue weighted by molar-refractivity contribution is 7.87. The van der Waals surface area contributed by atoms with Gasteiger partial charge in [0.1, 0.15) is 11.5 Å². The predicted molar refractivity (Wildman–Crippen MR) is 488 cm³/mol. The molecule has 24 heteroatoms. The molecule has 0 aromatic heterocycles. The standard InChI is InChI=1S/C49H55N3O7S2.C47H51N3O7S2.CH4/c1-8-51(33-37-13-11-15-45(31-37)60(53,54)57-6)42-23-27-47(35(4)29-42)49(39-17-19-40(20-18-39)50-41-21-25-44(26-22-41)59-10-3)48-28-24-43(30-36(48)5)52(9-2)34-38-14-12-16-46(32-38)61(55,56)58-7;1-6-49(33-35-11-9-13-45(31-35)58(51,52)55-4)42-25-17-38(18-26-42)47(37-15-21-40(22-16-37)48-41-23-29-44(30-24-41)57-8-3)39-19-27-43(28-20-39)50(7-2)34-36-12-10-14-46(32-36)59(53,54)56-5;/h11-32,49-50H,8-10,33-34H2,1-7H3;9-32,47-48H,6-8,33-34H2,1-5H3;1H4. The van der Waals surface area contributed by atoms with Gasteiger partial charge in [-0.1, -0.05) is 117 Å². The van der Waals surface area contributed by atoms with E-state index in [-0.39, 0.29) is 38.8 Å². The number of hydrogen-bond donors (Lipinski definition) is 2. The van der Waals surface area contributed by atoms with Crippen LogP contribution in [0.2, 0.25) is 0 Å². The number of nitrogens with one attached hydrogen (secondary N) is 2. The van der Waals surface area contributed by atoms with E-state index in [4.69, 9.17) is 26.2 Å². The second-order valence-corrected chi connectivity index (χ2v) is 35.5. The van der Waals surface area contributed by atoms with Crippen LogP contribution in [0.25, 0.3) is 0 Å². The molecule has 0 spiro atoms. The number of aryl methyl sites for hydroxylation is 2. The van der Waals surface area contributed by atoms with Crippen LogP contribution in [0.5, 0.6) is 11.5 Å². The van der Waals surface area contributed by atoms with Gasteiger partial charge in [-0.3, -0.25) is 16.7 Å². The summed E-state index contributed by atoms with van der Waals surface area (Å²) in [4.78, 5) is 9.39. The van der Waals surface area contributed by atoms with Gasteiger partial charge in [0.25, 0.3) is 40.5 Å². The molecular weight excluding hydrogens is 1600 g/mol. The van der Waals surface area contributed by atoms with Crippen molar-refractivity contribution in [1.29, 1.82) is 0 Å². The van der Waals surface area contributed by atoms with Crippen molar-refractivity contribution in [3.05, 3.63) is 346 Å². The monoisotopic (exact) mass is 1710 g/mol. The van der Waals surface area contributed by atoms with E-state index in [1.54, 1.807) is 72.8 Å². The van der Waals surface area contributed by atoms with Crippen molar-refractivity contribution in [1.82, 2.24) is 0 Å². The van der Waals surface area contributed by atoms with Gasteiger partial charge in [0, 0.05) is 110 Å². The Labute approximate surface area is 716 Å². The van der Waals surface area contributed by atoms with Crippen LogP contribution in [0.3, 0.4) is 0 Å². The molecule has 636 valence electrons. The second kappa shape index (κ2) is 42.3. The van der Waals surface area contributed by atoms with Crippen molar-refractivity contribution in [3.8, 4) is 11.5 Å². The Hall–Kier alpha value is -11.3. The predicted octanol–water partition coefficient (Wildman–Crippen LogP) is 20.7. The van der Waals surface area contributed by atoms with Gasteiger partial charge in [0.2, 0.25) is 0 Å². The molecule has 0 fully saturated rings. The molecule has 0 saturated carbocycles. The average molecular weight is 1710 g/mol. The number of rotatable bonds is 38. The lowest BCUT2D eigenvalue weighted by atomic mass is 9.81. The zero-order valence-electron chi connectivity index (χ0n) is 69.9. The highest BCUT2D eigenvalue weighted by Gasteiger charge is 2.26. The maximum Gasteiger partial charge on any atom is 0.296 e. The minimum atomic E-state index is -3.81. The molecule has 0 heterocycles. The lowest BCUT2D eigenvalue weighted by molar-refractivity contribution is 0.340. The van der Waals surface area contributed by atoms with Gasteiger partial charge in [-0.05, 0) is 292 Å². The first-order valence-corrected chi connectivity index (χ1v) is 45.6. The molecule has 0 aliphatic heterocycles. The molecule has 0 aliphatic carbocycles. The van der Waals surface area contributed by atoms with E-state index in [0.717, 1.165) is 113 Å². The Kier molecular flexibility index (Phi) is 32.1. The van der Waals surface area contributed by atoms with Crippen molar-refractivity contribution >= 4 is 86.0 Å². The summed E-state index contributed by atoms with van der Waals surface area (Å²) in [5, 5.41) is 7.01.